The smallest absolute Gasteiger partial charge is 0.261 e. The molecule has 3 N–H and O–H groups in total. The maximum atomic E-state index is 12.9. The molecule has 4 aromatic rings. The van der Waals surface area contributed by atoms with Gasteiger partial charge in [-0.3, -0.25) is 9.52 Å². The summed E-state index contributed by atoms with van der Waals surface area (Å²) >= 11 is 7.52. The number of pyridine rings is 1. The molecule has 0 unspecified atom stereocenters. The van der Waals surface area contributed by atoms with Crippen molar-refractivity contribution < 1.29 is 18.3 Å². The maximum Gasteiger partial charge on any atom is 0.261 e. The van der Waals surface area contributed by atoms with Gasteiger partial charge < -0.3 is 10.4 Å². The largest absolute Gasteiger partial charge is 0.386 e. The quantitative estimate of drug-likeness (QED) is 0.310. The van der Waals surface area contributed by atoms with E-state index in [0.29, 0.717) is 16.3 Å². The highest BCUT2D eigenvalue weighted by Gasteiger charge is 2.20. The van der Waals surface area contributed by atoms with Crippen LogP contribution in [-0.2, 0) is 20.4 Å². The summed E-state index contributed by atoms with van der Waals surface area (Å²) in [5.74, 6) is -0.201. The zero-order valence-corrected chi connectivity index (χ0v) is 20.8. The fourth-order valence-corrected chi connectivity index (χ4v) is 5.45. The Morgan fingerprint density at radius 1 is 1.09 bits per heavy atom. The number of nitrogens with zero attached hydrogens (tertiary/aromatic N) is 2. The summed E-state index contributed by atoms with van der Waals surface area (Å²) < 4.78 is 29.2. The normalized spacial score (nSPS) is 12.0. The monoisotopic (exact) mass is 516 g/mol. The molecule has 0 saturated heterocycles. The van der Waals surface area contributed by atoms with Crippen molar-refractivity contribution >= 4 is 59.9 Å². The highest BCUT2D eigenvalue weighted by molar-refractivity contribution is 7.92. The van der Waals surface area contributed by atoms with Crippen LogP contribution in [0.4, 0.5) is 10.8 Å². The van der Waals surface area contributed by atoms with Crippen LogP contribution >= 0.6 is 22.9 Å². The lowest BCUT2D eigenvalue weighted by Crippen LogP contribution is -2.17. The molecule has 1 amide bonds. The number of amides is 1. The molecule has 0 aliphatic heterocycles. The number of anilines is 2. The van der Waals surface area contributed by atoms with Gasteiger partial charge in [0, 0.05) is 18.7 Å². The van der Waals surface area contributed by atoms with Crippen LogP contribution in [0.1, 0.15) is 26.3 Å². The number of carbonyl (C=O) groups is 1. The van der Waals surface area contributed by atoms with Gasteiger partial charge in [-0.15, -0.1) is 0 Å². The van der Waals surface area contributed by atoms with E-state index in [1.165, 1.54) is 30.4 Å². The lowest BCUT2D eigenvalue weighted by Gasteiger charge is -2.18. The Hall–Kier alpha value is -3.05. The number of aromatic nitrogens is 2. The number of rotatable bonds is 6. The number of hydrogen-bond donors (Lipinski definition) is 3. The predicted molar refractivity (Wildman–Crippen MR) is 135 cm³/mol. The van der Waals surface area contributed by atoms with Crippen LogP contribution in [0.5, 0.6) is 0 Å². The number of fused-ring (bicyclic) bond motifs is 1. The molecule has 0 aliphatic rings. The second-order valence-corrected chi connectivity index (χ2v) is 11.2. The molecule has 0 bridgehead atoms. The van der Waals surface area contributed by atoms with Crippen LogP contribution in [0.15, 0.2) is 59.6 Å². The molecule has 0 aliphatic carbocycles. The van der Waals surface area contributed by atoms with Crippen molar-refractivity contribution in [2.24, 2.45) is 0 Å². The van der Waals surface area contributed by atoms with Crippen LogP contribution in [0.2, 0.25) is 5.15 Å². The highest BCUT2D eigenvalue weighted by Crippen LogP contribution is 2.33. The topological polar surface area (TPSA) is 121 Å². The minimum Gasteiger partial charge on any atom is -0.386 e. The van der Waals surface area contributed by atoms with Gasteiger partial charge in [0.05, 0.1) is 26.4 Å². The Bertz CT molecular complexity index is 1490. The lowest BCUT2D eigenvalue weighted by atomic mass is 9.99. The van der Waals surface area contributed by atoms with Crippen molar-refractivity contribution in [3.63, 3.8) is 0 Å². The summed E-state index contributed by atoms with van der Waals surface area (Å²) in [5.41, 5.74) is 1.80. The molecule has 176 valence electrons. The number of aliphatic hydroxyl groups is 1. The fraction of sp³-hybridized carbons (Fsp3) is 0.174. The van der Waals surface area contributed by atoms with E-state index in [2.05, 4.69) is 20.0 Å². The highest BCUT2D eigenvalue weighted by atomic mass is 35.5. The minimum absolute atomic E-state index is 0.00671. The van der Waals surface area contributed by atoms with E-state index in [9.17, 15) is 18.3 Å². The van der Waals surface area contributed by atoms with E-state index in [4.69, 9.17) is 11.6 Å². The molecule has 4 rings (SSSR count). The maximum absolute atomic E-state index is 12.9. The SMILES string of the molecule is CC(=O)Nc1nc2ccc(-c3cnc(Cl)c(NS(=O)(=O)c4ccc(C(C)(C)O)cc4)c3)cc2s1. The molecule has 2 heterocycles. The minimum atomic E-state index is -3.94. The van der Waals surface area contributed by atoms with Gasteiger partial charge in [-0.25, -0.2) is 18.4 Å². The molecule has 0 saturated carbocycles. The first kappa shape index (κ1) is 24.1. The summed E-state index contributed by atoms with van der Waals surface area (Å²) in [5, 5.41) is 13.3. The summed E-state index contributed by atoms with van der Waals surface area (Å²) in [7, 11) is -3.94. The third-order valence-electron chi connectivity index (χ3n) is 4.96. The molecule has 0 fully saturated rings. The van der Waals surface area contributed by atoms with E-state index >= 15 is 0 Å². The zero-order valence-electron chi connectivity index (χ0n) is 18.5. The molecule has 34 heavy (non-hydrogen) atoms. The predicted octanol–water partition coefficient (Wildman–Crippen LogP) is 5.00. The van der Waals surface area contributed by atoms with Crippen molar-refractivity contribution in [2.45, 2.75) is 31.3 Å². The lowest BCUT2D eigenvalue weighted by molar-refractivity contribution is -0.114. The number of nitrogens with one attached hydrogen (secondary N) is 2. The fourth-order valence-electron chi connectivity index (χ4n) is 3.23. The zero-order chi connectivity index (χ0) is 24.7. The number of carbonyl (C=O) groups excluding carboxylic acids is 1. The van der Waals surface area contributed by atoms with E-state index < -0.39 is 15.6 Å². The molecular weight excluding hydrogens is 496 g/mol. The molecule has 0 atom stereocenters. The second kappa shape index (κ2) is 8.95. The first-order valence-corrected chi connectivity index (χ1v) is 12.8. The Morgan fingerprint density at radius 3 is 2.44 bits per heavy atom. The van der Waals surface area contributed by atoms with Crippen LogP contribution in [0, 0.1) is 0 Å². The van der Waals surface area contributed by atoms with Crippen molar-refractivity contribution in [1.82, 2.24) is 9.97 Å². The molecule has 2 aromatic carbocycles. The van der Waals surface area contributed by atoms with Gasteiger partial charge in [0.25, 0.3) is 10.0 Å². The third kappa shape index (κ3) is 5.20. The number of sulfonamides is 1. The van der Waals surface area contributed by atoms with E-state index in [1.807, 2.05) is 18.2 Å². The Morgan fingerprint density at radius 2 is 1.79 bits per heavy atom. The Kier molecular flexibility index (Phi) is 6.34. The van der Waals surface area contributed by atoms with E-state index in [-0.39, 0.29) is 21.6 Å². The molecule has 11 heteroatoms. The van der Waals surface area contributed by atoms with Crippen molar-refractivity contribution in [3.05, 3.63) is 65.4 Å². The Balaban J connectivity index is 1.64. The molecule has 0 spiro atoms. The van der Waals surface area contributed by atoms with Gasteiger partial charge in [-0.1, -0.05) is 41.1 Å². The number of thiazole rings is 1. The van der Waals surface area contributed by atoms with Crippen LogP contribution in [0.3, 0.4) is 0 Å². The van der Waals surface area contributed by atoms with E-state index in [1.54, 1.807) is 38.2 Å². The van der Waals surface area contributed by atoms with Gasteiger partial charge in [0.15, 0.2) is 10.3 Å². The van der Waals surface area contributed by atoms with Gasteiger partial charge in [-0.2, -0.15) is 0 Å². The third-order valence-corrected chi connectivity index (χ3v) is 7.58. The van der Waals surface area contributed by atoms with Gasteiger partial charge >= 0.3 is 0 Å². The summed E-state index contributed by atoms with van der Waals surface area (Å²) in [4.78, 5) is 19.8. The summed E-state index contributed by atoms with van der Waals surface area (Å²) in [6.45, 7) is 4.66. The molecular formula is C23H21ClN4O4S2. The standard InChI is InChI=1S/C23H21ClN4O4S2/c1-13(29)26-22-27-18-9-4-14(11-20(18)33-22)15-10-19(21(24)25-12-15)28-34(31,32)17-7-5-16(6-8-17)23(2,3)30/h4-12,28,30H,1-3H3,(H,26,27,29). The van der Waals surface area contributed by atoms with Crippen LogP contribution in [-0.4, -0.2) is 29.4 Å². The van der Waals surface area contributed by atoms with E-state index in [0.717, 1.165) is 15.8 Å². The first-order valence-electron chi connectivity index (χ1n) is 10.1. The number of benzene rings is 2. The van der Waals surface area contributed by atoms with Crippen molar-refractivity contribution in [3.8, 4) is 11.1 Å². The molecule has 8 nitrogen and oxygen atoms in total. The Labute approximate surface area is 205 Å². The average molecular weight is 517 g/mol. The van der Waals surface area contributed by atoms with Gasteiger partial charge in [0.1, 0.15) is 0 Å². The number of halogens is 1. The van der Waals surface area contributed by atoms with Gasteiger partial charge in [0.2, 0.25) is 5.91 Å². The average Bonchev–Trinajstić information content (AvgIpc) is 3.15. The van der Waals surface area contributed by atoms with Gasteiger partial charge in [-0.05, 0) is 55.3 Å². The van der Waals surface area contributed by atoms with Crippen LogP contribution < -0.4 is 10.0 Å². The number of hydrogen-bond acceptors (Lipinski definition) is 7. The van der Waals surface area contributed by atoms with Crippen molar-refractivity contribution in [2.75, 3.05) is 10.0 Å². The summed E-state index contributed by atoms with van der Waals surface area (Å²) in [6, 6.07) is 13.1. The molecule has 0 radical (unpaired) electrons. The van der Waals surface area contributed by atoms with Crippen LogP contribution in [0.25, 0.3) is 21.3 Å². The molecule has 2 aromatic heterocycles. The van der Waals surface area contributed by atoms with Crippen molar-refractivity contribution in [1.29, 1.82) is 0 Å². The summed E-state index contributed by atoms with van der Waals surface area (Å²) in [6.07, 6.45) is 1.55. The second-order valence-electron chi connectivity index (χ2n) is 8.13. The first-order chi connectivity index (χ1) is 15.9.